The molecule has 0 saturated carbocycles. The maximum Gasteiger partial charge on any atom is 0.287 e. The lowest BCUT2D eigenvalue weighted by Gasteiger charge is -2.14. The molecule has 0 spiro atoms. The maximum atomic E-state index is 12.2. The number of aliphatic hydroxyl groups excluding tert-OH is 1. The number of furan rings is 1. The van der Waals surface area contributed by atoms with Crippen molar-refractivity contribution in [2.75, 3.05) is 13.7 Å². The second-order valence-corrected chi connectivity index (χ2v) is 5.44. The lowest BCUT2D eigenvalue weighted by Crippen LogP contribution is -2.34. The number of rotatable bonds is 5. The van der Waals surface area contributed by atoms with Gasteiger partial charge in [0.15, 0.2) is 5.76 Å². The summed E-state index contributed by atoms with van der Waals surface area (Å²) in [6.07, 6.45) is -0.571. The number of carbonyl (C=O) groups excluding carboxylic acids is 1. The Balaban J connectivity index is 2.21. The molecule has 2 N–H and O–H groups in total. The van der Waals surface area contributed by atoms with Gasteiger partial charge in [-0.25, -0.2) is 0 Å². The Labute approximate surface area is 123 Å². The van der Waals surface area contributed by atoms with Gasteiger partial charge in [-0.3, -0.25) is 4.79 Å². The third-order valence-electron chi connectivity index (χ3n) is 3.59. The van der Waals surface area contributed by atoms with Crippen molar-refractivity contribution in [2.24, 2.45) is 5.92 Å². The van der Waals surface area contributed by atoms with Crippen LogP contribution in [0.25, 0.3) is 11.0 Å². The van der Waals surface area contributed by atoms with Crippen LogP contribution < -0.4 is 10.1 Å². The molecule has 21 heavy (non-hydrogen) atoms. The summed E-state index contributed by atoms with van der Waals surface area (Å²) in [7, 11) is 1.59. The van der Waals surface area contributed by atoms with E-state index in [1.165, 1.54) is 0 Å². The zero-order valence-corrected chi connectivity index (χ0v) is 12.8. The molecule has 0 aliphatic heterocycles. The van der Waals surface area contributed by atoms with E-state index in [0.717, 1.165) is 10.9 Å². The Bertz CT molecular complexity index is 645. The SMILES string of the molecule is COc1ccc2oc(C(=O)NCC(O)C(C)C)c(C)c2c1. The molecule has 0 bridgehead atoms. The molecule has 1 atom stereocenters. The fourth-order valence-electron chi connectivity index (χ4n) is 2.06. The van der Waals surface area contributed by atoms with Crippen LogP contribution in [0.15, 0.2) is 22.6 Å². The number of carbonyl (C=O) groups is 1. The highest BCUT2D eigenvalue weighted by molar-refractivity contribution is 5.99. The summed E-state index contributed by atoms with van der Waals surface area (Å²) in [4.78, 5) is 12.2. The Morgan fingerprint density at radius 2 is 2.14 bits per heavy atom. The molecule has 1 unspecified atom stereocenters. The van der Waals surface area contributed by atoms with Crippen molar-refractivity contribution in [3.8, 4) is 5.75 Å². The quantitative estimate of drug-likeness (QED) is 0.888. The fourth-order valence-corrected chi connectivity index (χ4v) is 2.06. The predicted octanol–water partition coefficient (Wildman–Crippen LogP) is 2.50. The Morgan fingerprint density at radius 3 is 2.76 bits per heavy atom. The fraction of sp³-hybridized carbons (Fsp3) is 0.438. The van der Waals surface area contributed by atoms with E-state index >= 15 is 0 Å². The summed E-state index contributed by atoms with van der Waals surface area (Å²) in [5.74, 6) is 0.761. The Hall–Kier alpha value is -2.01. The van der Waals surface area contributed by atoms with Gasteiger partial charge in [0.05, 0.1) is 13.2 Å². The summed E-state index contributed by atoms with van der Waals surface area (Å²) in [6.45, 7) is 5.83. The summed E-state index contributed by atoms with van der Waals surface area (Å²) in [5, 5.41) is 13.3. The summed E-state index contributed by atoms with van der Waals surface area (Å²) < 4.78 is 10.8. The molecule has 0 aliphatic carbocycles. The van der Waals surface area contributed by atoms with Gasteiger partial charge in [0.1, 0.15) is 11.3 Å². The van der Waals surface area contributed by atoms with Crippen LogP contribution in [0.1, 0.15) is 30.0 Å². The van der Waals surface area contributed by atoms with E-state index in [1.807, 2.05) is 26.8 Å². The van der Waals surface area contributed by atoms with Gasteiger partial charge in [0, 0.05) is 17.5 Å². The van der Waals surface area contributed by atoms with Crippen LogP contribution in [0.4, 0.5) is 0 Å². The van der Waals surface area contributed by atoms with Crippen molar-refractivity contribution in [3.63, 3.8) is 0 Å². The zero-order valence-electron chi connectivity index (χ0n) is 12.8. The molecule has 5 nitrogen and oxygen atoms in total. The zero-order chi connectivity index (χ0) is 15.6. The van der Waals surface area contributed by atoms with Crippen LogP contribution >= 0.6 is 0 Å². The van der Waals surface area contributed by atoms with E-state index in [9.17, 15) is 9.90 Å². The van der Waals surface area contributed by atoms with E-state index in [2.05, 4.69) is 5.32 Å². The number of fused-ring (bicyclic) bond motifs is 1. The van der Waals surface area contributed by atoms with Crippen LogP contribution in [0.3, 0.4) is 0 Å². The van der Waals surface area contributed by atoms with Crippen molar-refractivity contribution in [1.82, 2.24) is 5.32 Å². The van der Waals surface area contributed by atoms with Gasteiger partial charge in [-0.05, 0) is 31.0 Å². The first-order valence-corrected chi connectivity index (χ1v) is 6.97. The number of hydrogen-bond acceptors (Lipinski definition) is 4. The molecule has 1 aromatic carbocycles. The van der Waals surface area contributed by atoms with Crippen molar-refractivity contribution in [1.29, 1.82) is 0 Å². The average Bonchev–Trinajstić information content (AvgIpc) is 2.80. The lowest BCUT2D eigenvalue weighted by atomic mass is 10.1. The summed E-state index contributed by atoms with van der Waals surface area (Å²) >= 11 is 0. The van der Waals surface area contributed by atoms with E-state index in [1.54, 1.807) is 19.2 Å². The van der Waals surface area contributed by atoms with Gasteiger partial charge in [-0.2, -0.15) is 0 Å². The minimum atomic E-state index is -0.571. The molecule has 2 aromatic rings. The van der Waals surface area contributed by atoms with Gasteiger partial charge in [0.2, 0.25) is 0 Å². The van der Waals surface area contributed by atoms with E-state index in [0.29, 0.717) is 11.3 Å². The largest absolute Gasteiger partial charge is 0.497 e. The average molecular weight is 291 g/mol. The molecule has 1 aromatic heterocycles. The van der Waals surface area contributed by atoms with Crippen LogP contribution in [-0.4, -0.2) is 30.8 Å². The topological polar surface area (TPSA) is 71.7 Å². The highest BCUT2D eigenvalue weighted by atomic mass is 16.5. The number of amides is 1. The van der Waals surface area contributed by atoms with E-state index in [4.69, 9.17) is 9.15 Å². The monoisotopic (exact) mass is 291 g/mol. The van der Waals surface area contributed by atoms with Crippen LogP contribution in [-0.2, 0) is 0 Å². The van der Waals surface area contributed by atoms with Crippen LogP contribution in [0, 0.1) is 12.8 Å². The summed E-state index contributed by atoms with van der Waals surface area (Å²) in [6, 6.07) is 5.41. The third kappa shape index (κ3) is 3.19. The number of benzene rings is 1. The predicted molar refractivity (Wildman–Crippen MR) is 80.7 cm³/mol. The molecule has 0 radical (unpaired) electrons. The number of hydrogen-bond donors (Lipinski definition) is 2. The first-order valence-electron chi connectivity index (χ1n) is 6.97. The Morgan fingerprint density at radius 1 is 1.43 bits per heavy atom. The Kier molecular flexibility index (Phi) is 4.53. The highest BCUT2D eigenvalue weighted by Crippen LogP contribution is 2.28. The minimum Gasteiger partial charge on any atom is -0.497 e. The molecule has 0 fully saturated rings. The number of aliphatic hydroxyl groups is 1. The van der Waals surface area contributed by atoms with Gasteiger partial charge < -0.3 is 19.6 Å². The van der Waals surface area contributed by atoms with Gasteiger partial charge >= 0.3 is 0 Å². The van der Waals surface area contributed by atoms with Crippen molar-refractivity contribution in [2.45, 2.75) is 26.9 Å². The maximum absolute atomic E-state index is 12.2. The number of aryl methyl sites for hydroxylation is 1. The van der Waals surface area contributed by atoms with Crippen LogP contribution in [0.2, 0.25) is 0 Å². The molecule has 1 heterocycles. The van der Waals surface area contributed by atoms with Crippen LogP contribution in [0.5, 0.6) is 5.75 Å². The van der Waals surface area contributed by atoms with Crippen molar-refractivity contribution in [3.05, 3.63) is 29.5 Å². The standard InChI is InChI=1S/C16H21NO4/c1-9(2)13(18)8-17-16(19)15-10(3)12-7-11(20-4)5-6-14(12)21-15/h5-7,9,13,18H,8H2,1-4H3,(H,17,19). The molecular formula is C16H21NO4. The normalized spacial score (nSPS) is 12.7. The van der Waals surface area contributed by atoms with Crippen molar-refractivity contribution < 1.29 is 19.1 Å². The smallest absolute Gasteiger partial charge is 0.287 e. The molecule has 114 valence electrons. The third-order valence-corrected chi connectivity index (χ3v) is 3.59. The molecule has 1 amide bonds. The molecular weight excluding hydrogens is 270 g/mol. The van der Waals surface area contributed by atoms with Gasteiger partial charge in [-0.15, -0.1) is 0 Å². The molecule has 0 aliphatic rings. The van der Waals surface area contributed by atoms with Gasteiger partial charge in [0.25, 0.3) is 5.91 Å². The number of nitrogens with one attached hydrogen (secondary N) is 1. The van der Waals surface area contributed by atoms with E-state index in [-0.39, 0.29) is 24.1 Å². The molecule has 0 saturated heterocycles. The second-order valence-electron chi connectivity index (χ2n) is 5.44. The molecule has 2 rings (SSSR count). The highest BCUT2D eigenvalue weighted by Gasteiger charge is 2.19. The first-order chi connectivity index (χ1) is 9.93. The first kappa shape index (κ1) is 15.4. The minimum absolute atomic E-state index is 0.0892. The number of ether oxygens (including phenoxy) is 1. The molecule has 5 heteroatoms. The van der Waals surface area contributed by atoms with Gasteiger partial charge in [-0.1, -0.05) is 13.8 Å². The van der Waals surface area contributed by atoms with Crippen molar-refractivity contribution >= 4 is 16.9 Å². The number of methoxy groups -OCH3 is 1. The lowest BCUT2D eigenvalue weighted by molar-refractivity contribution is 0.0848. The van der Waals surface area contributed by atoms with E-state index < -0.39 is 6.10 Å². The summed E-state index contributed by atoms with van der Waals surface area (Å²) in [5.41, 5.74) is 1.41. The second kappa shape index (κ2) is 6.18.